The number of nitrogens with one attached hydrogen (secondary N) is 1. The second-order valence-corrected chi connectivity index (χ2v) is 5.44. The zero-order chi connectivity index (χ0) is 12.2. The van der Waals surface area contributed by atoms with E-state index in [1.54, 1.807) is 0 Å². The third-order valence-corrected chi connectivity index (χ3v) is 3.71. The van der Waals surface area contributed by atoms with E-state index in [1.165, 1.54) is 12.8 Å². The van der Waals surface area contributed by atoms with Crippen molar-refractivity contribution in [3.05, 3.63) is 0 Å². The van der Waals surface area contributed by atoms with Gasteiger partial charge in [0.25, 0.3) is 0 Å². The third-order valence-electron chi connectivity index (χ3n) is 3.32. The number of nitrogens with two attached hydrogens (primary N) is 1. The van der Waals surface area contributed by atoms with Gasteiger partial charge < -0.3 is 11.1 Å². The summed E-state index contributed by atoms with van der Waals surface area (Å²) in [6.07, 6.45) is 6.39. The standard InChI is InChI=1S/C12H22N2OS/c1-9(2)10(15)14-12(11(13)16)7-5-3-4-6-8-12/h9H,3-8H2,1-2H3,(H2,13,16)(H,14,15). The van der Waals surface area contributed by atoms with Crippen molar-refractivity contribution >= 4 is 23.1 Å². The predicted octanol–water partition coefficient (Wildman–Crippen LogP) is 2.14. The molecular weight excluding hydrogens is 220 g/mol. The molecule has 16 heavy (non-hydrogen) atoms. The van der Waals surface area contributed by atoms with Crippen LogP contribution in [0.2, 0.25) is 0 Å². The highest BCUT2D eigenvalue weighted by molar-refractivity contribution is 7.80. The van der Waals surface area contributed by atoms with Crippen LogP contribution in [0.25, 0.3) is 0 Å². The van der Waals surface area contributed by atoms with E-state index in [0.717, 1.165) is 25.7 Å². The van der Waals surface area contributed by atoms with Gasteiger partial charge in [-0.2, -0.15) is 0 Å². The second kappa shape index (κ2) is 5.62. The molecule has 1 rings (SSSR count). The van der Waals surface area contributed by atoms with Gasteiger partial charge in [0.15, 0.2) is 0 Å². The molecule has 1 saturated carbocycles. The SMILES string of the molecule is CC(C)C(=O)NC1(C(N)=S)CCCCCC1. The van der Waals surface area contributed by atoms with Gasteiger partial charge in [-0.05, 0) is 12.8 Å². The monoisotopic (exact) mass is 242 g/mol. The summed E-state index contributed by atoms with van der Waals surface area (Å²) in [5.41, 5.74) is 5.41. The maximum atomic E-state index is 11.8. The fourth-order valence-corrected chi connectivity index (χ4v) is 2.40. The highest BCUT2D eigenvalue weighted by Gasteiger charge is 2.35. The molecule has 0 radical (unpaired) electrons. The van der Waals surface area contributed by atoms with E-state index in [1.807, 2.05) is 13.8 Å². The average Bonchev–Trinajstić information content (AvgIpc) is 2.44. The number of hydrogen-bond donors (Lipinski definition) is 2. The molecule has 0 aliphatic heterocycles. The first kappa shape index (κ1) is 13.4. The number of amides is 1. The van der Waals surface area contributed by atoms with Crippen LogP contribution in [0, 0.1) is 5.92 Å². The molecule has 1 fully saturated rings. The fraction of sp³-hybridized carbons (Fsp3) is 0.833. The number of hydrogen-bond acceptors (Lipinski definition) is 2. The first-order valence-electron chi connectivity index (χ1n) is 6.10. The maximum absolute atomic E-state index is 11.8. The zero-order valence-corrected chi connectivity index (χ0v) is 11.0. The summed E-state index contributed by atoms with van der Waals surface area (Å²) in [6.45, 7) is 3.78. The van der Waals surface area contributed by atoms with E-state index in [0.29, 0.717) is 4.99 Å². The van der Waals surface area contributed by atoms with Gasteiger partial charge in [-0.1, -0.05) is 51.7 Å². The number of carbonyl (C=O) groups excluding carboxylic acids is 1. The Morgan fingerprint density at radius 3 is 2.12 bits per heavy atom. The lowest BCUT2D eigenvalue weighted by Crippen LogP contribution is -2.57. The van der Waals surface area contributed by atoms with Crippen molar-refractivity contribution in [2.45, 2.75) is 57.9 Å². The van der Waals surface area contributed by atoms with Crippen molar-refractivity contribution in [2.75, 3.05) is 0 Å². The van der Waals surface area contributed by atoms with Crippen molar-refractivity contribution in [3.63, 3.8) is 0 Å². The van der Waals surface area contributed by atoms with E-state index >= 15 is 0 Å². The topological polar surface area (TPSA) is 55.1 Å². The van der Waals surface area contributed by atoms with Crippen molar-refractivity contribution < 1.29 is 4.79 Å². The Kier molecular flexibility index (Phi) is 4.71. The molecular formula is C12H22N2OS. The minimum atomic E-state index is -0.423. The quantitative estimate of drug-likeness (QED) is 0.589. The first-order valence-corrected chi connectivity index (χ1v) is 6.51. The van der Waals surface area contributed by atoms with Gasteiger partial charge in [-0.25, -0.2) is 0 Å². The molecule has 0 unspecified atom stereocenters. The summed E-state index contributed by atoms with van der Waals surface area (Å²) in [5, 5.41) is 3.07. The molecule has 0 aromatic carbocycles. The lowest BCUT2D eigenvalue weighted by atomic mass is 9.89. The summed E-state index contributed by atoms with van der Waals surface area (Å²) in [6, 6.07) is 0. The number of rotatable bonds is 3. The second-order valence-electron chi connectivity index (χ2n) is 5.00. The summed E-state index contributed by atoms with van der Waals surface area (Å²) < 4.78 is 0. The molecule has 1 amide bonds. The molecule has 3 N–H and O–H groups in total. The zero-order valence-electron chi connectivity index (χ0n) is 10.2. The van der Waals surface area contributed by atoms with E-state index in [4.69, 9.17) is 18.0 Å². The van der Waals surface area contributed by atoms with Crippen molar-refractivity contribution in [2.24, 2.45) is 11.7 Å². The van der Waals surface area contributed by atoms with Gasteiger partial charge in [0.05, 0.1) is 10.5 Å². The molecule has 0 aromatic rings. The lowest BCUT2D eigenvalue weighted by Gasteiger charge is -2.33. The van der Waals surface area contributed by atoms with Gasteiger partial charge in [-0.3, -0.25) is 4.79 Å². The van der Waals surface area contributed by atoms with Crippen molar-refractivity contribution in [1.82, 2.24) is 5.32 Å². The summed E-state index contributed by atoms with van der Waals surface area (Å²) in [4.78, 5) is 12.3. The normalized spacial score (nSPS) is 20.2. The molecule has 1 aliphatic carbocycles. The van der Waals surface area contributed by atoms with Crippen LogP contribution in [-0.4, -0.2) is 16.4 Å². The third kappa shape index (κ3) is 3.17. The van der Waals surface area contributed by atoms with E-state index < -0.39 is 5.54 Å². The van der Waals surface area contributed by atoms with Gasteiger partial charge in [0.1, 0.15) is 0 Å². The fourth-order valence-electron chi connectivity index (χ4n) is 2.15. The minimum absolute atomic E-state index is 0.0190. The van der Waals surface area contributed by atoms with E-state index in [-0.39, 0.29) is 11.8 Å². The predicted molar refractivity (Wildman–Crippen MR) is 70.2 cm³/mol. The Morgan fingerprint density at radius 2 is 1.75 bits per heavy atom. The molecule has 0 spiro atoms. The van der Waals surface area contributed by atoms with Crippen LogP contribution in [0.15, 0.2) is 0 Å². The smallest absolute Gasteiger partial charge is 0.223 e. The van der Waals surface area contributed by atoms with Gasteiger partial charge in [0, 0.05) is 5.92 Å². The van der Waals surface area contributed by atoms with Crippen LogP contribution >= 0.6 is 12.2 Å². The Hall–Kier alpha value is -0.640. The van der Waals surface area contributed by atoms with Crippen molar-refractivity contribution in [3.8, 4) is 0 Å². The van der Waals surface area contributed by atoms with Crippen LogP contribution < -0.4 is 11.1 Å². The molecule has 3 nitrogen and oxygen atoms in total. The van der Waals surface area contributed by atoms with Crippen LogP contribution in [0.5, 0.6) is 0 Å². The Labute approximate surface area is 103 Å². The van der Waals surface area contributed by atoms with E-state index in [2.05, 4.69) is 5.32 Å². The van der Waals surface area contributed by atoms with Gasteiger partial charge >= 0.3 is 0 Å². The Balaban J connectivity index is 2.78. The minimum Gasteiger partial charge on any atom is -0.391 e. The van der Waals surface area contributed by atoms with Crippen LogP contribution in [-0.2, 0) is 4.79 Å². The largest absolute Gasteiger partial charge is 0.391 e. The Bertz CT molecular complexity index is 266. The van der Waals surface area contributed by atoms with Gasteiger partial charge in [-0.15, -0.1) is 0 Å². The molecule has 0 atom stereocenters. The van der Waals surface area contributed by atoms with Crippen LogP contribution in [0.1, 0.15) is 52.4 Å². The maximum Gasteiger partial charge on any atom is 0.223 e. The first-order chi connectivity index (χ1) is 7.48. The molecule has 0 heterocycles. The number of carbonyl (C=O) groups is 1. The molecule has 0 bridgehead atoms. The summed E-state index contributed by atoms with van der Waals surface area (Å²) in [5.74, 6) is 0.0316. The highest BCUT2D eigenvalue weighted by Crippen LogP contribution is 2.27. The van der Waals surface area contributed by atoms with Crippen LogP contribution in [0.3, 0.4) is 0 Å². The van der Waals surface area contributed by atoms with E-state index in [9.17, 15) is 4.79 Å². The lowest BCUT2D eigenvalue weighted by molar-refractivity contribution is -0.125. The molecule has 92 valence electrons. The Morgan fingerprint density at radius 1 is 1.25 bits per heavy atom. The average molecular weight is 242 g/mol. The highest BCUT2D eigenvalue weighted by atomic mass is 32.1. The van der Waals surface area contributed by atoms with Gasteiger partial charge in [0.2, 0.25) is 5.91 Å². The molecule has 0 saturated heterocycles. The molecule has 1 aliphatic rings. The number of thiocarbonyl (C=S) groups is 1. The summed E-state index contributed by atoms with van der Waals surface area (Å²) >= 11 is 5.16. The van der Waals surface area contributed by atoms with Crippen LogP contribution in [0.4, 0.5) is 0 Å². The molecule has 0 aromatic heterocycles. The van der Waals surface area contributed by atoms with Crippen molar-refractivity contribution in [1.29, 1.82) is 0 Å². The summed E-state index contributed by atoms with van der Waals surface area (Å²) in [7, 11) is 0. The molecule has 4 heteroatoms.